The summed E-state index contributed by atoms with van der Waals surface area (Å²) in [6.07, 6.45) is 3.09. The van der Waals surface area contributed by atoms with E-state index in [4.69, 9.17) is 10.00 Å². The molecular weight excluding hydrogens is 244 g/mol. The number of ether oxygens (including phenoxy) is 1. The fourth-order valence-electron chi connectivity index (χ4n) is 1.64. The maximum absolute atomic E-state index is 11.1. The van der Waals surface area contributed by atoms with E-state index < -0.39 is 5.91 Å². The Morgan fingerprint density at radius 3 is 3.21 bits per heavy atom. The fraction of sp³-hybridized carbons (Fsp3) is 0.154. The molecule has 0 radical (unpaired) electrons. The Balaban J connectivity index is 2.19. The van der Waals surface area contributed by atoms with Gasteiger partial charge in [-0.25, -0.2) is 5.43 Å². The number of aromatic nitrogens is 1. The molecule has 1 heterocycles. The van der Waals surface area contributed by atoms with Crippen LogP contribution in [0.5, 0.6) is 5.75 Å². The first-order valence-corrected chi connectivity index (χ1v) is 5.58. The molecule has 0 saturated carbocycles. The lowest BCUT2D eigenvalue weighted by molar-refractivity contribution is -0.120. The molecule has 2 aromatic rings. The predicted octanol–water partition coefficient (Wildman–Crippen LogP) is 1.54. The lowest BCUT2D eigenvalue weighted by atomic mass is 10.2. The highest BCUT2D eigenvalue weighted by Gasteiger charge is 2.03. The second kappa shape index (κ2) is 5.69. The van der Waals surface area contributed by atoms with Crippen molar-refractivity contribution in [3.8, 4) is 11.8 Å². The van der Waals surface area contributed by atoms with Gasteiger partial charge in [-0.3, -0.25) is 4.79 Å². The number of hydrazone groups is 1. The highest BCUT2D eigenvalue weighted by atomic mass is 16.5. The van der Waals surface area contributed by atoms with E-state index in [0.717, 1.165) is 22.2 Å². The summed E-state index contributed by atoms with van der Waals surface area (Å²) in [5, 5.41) is 13.1. The summed E-state index contributed by atoms with van der Waals surface area (Å²) < 4.78 is 5.16. The maximum atomic E-state index is 11.1. The zero-order valence-electron chi connectivity index (χ0n) is 10.3. The molecule has 0 bridgehead atoms. The van der Waals surface area contributed by atoms with E-state index in [1.165, 1.54) is 6.21 Å². The summed E-state index contributed by atoms with van der Waals surface area (Å²) in [7, 11) is 1.60. The van der Waals surface area contributed by atoms with Gasteiger partial charge in [-0.05, 0) is 18.2 Å². The number of aromatic amines is 1. The molecule has 96 valence electrons. The number of fused-ring (bicyclic) bond motifs is 1. The van der Waals surface area contributed by atoms with Crippen molar-refractivity contribution in [1.29, 1.82) is 5.26 Å². The summed E-state index contributed by atoms with van der Waals surface area (Å²) in [6.45, 7) is 0. The van der Waals surface area contributed by atoms with Gasteiger partial charge in [-0.2, -0.15) is 10.4 Å². The Bertz CT molecular complexity index is 667. The number of rotatable bonds is 4. The molecule has 0 fully saturated rings. The van der Waals surface area contributed by atoms with Crippen LogP contribution in [0.1, 0.15) is 12.0 Å². The highest BCUT2D eigenvalue weighted by Crippen LogP contribution is 2.22. The molecule has 6 nitrogen and oxygen atoms in total. The van der Waals surface area contributed by atoms with Crippen LogP contribution in [-0.2, 0) is 4.79 Å². The molecule has 2 rings (SSSR count). The van der Waals surface area contributed by atoms with Crippen LogP contribution in [0, 0.1) is 11.3 Å². The number of hydrogen-bond donors (Lipinski definition) is 2. The smallest absolute Gasteiger partial charge is 0.254 e. The normalized spacial score (nSPS) is 10.5. The van der Waals surface area contributed by atoms with Crippen LogP contribution in [0.15, 0.2) is 29.5 Å². The standard InChI is InChI=1S/C13H12N4O2/c1-19-10-2-3-12-11(6-10)9(7-15-12)8-16-17-13(18)4-5-14/h2-3,6-8,15H,4H2,1H3,(H,17,18)/b16-8+. The number of carbonyl (C=O) groups is 1. The molecule has 6 heteroatoms. The van der Waals surface area contributed by atoms with Crippen molar-refractivity contribution in [3.05, 3.63) is 30.0 Å². The van der Waals surface area contributed by atoms with E-state index in [-0.39, 0.29) is 6.42 Å². The van der Waals surface area contributed by atoms with Crippen LogP contribution >= 0.6 is 0 Å². The number of nitriles is 1. The monoisotopic (exact) mass is 256 g/mol. The van der Waals surface area contributed by atoms with E-state index in [1.807, 2.05) is 18.2 Å². The van der Waals surface area contributed by atoms with Gasteiger partial charge in [0.15, 0.2) is 0 Å². The van der Waals surface area contributed by atoms with Crippen molar-refractivity contribution >= 4 is 23.0 Å². The van der Waals surface area contributed by atoms with E-state index >= 15 is 0 Å². The second-order valence-electron chi connectivity index (χ2n) is 3.78. The third kappa shape index (κ3) is 2.90. The van der Waals surface area contributed by atoms with Gasteiger partial charge in [0.25, 0.3) is 5.91 Å². The first kappa shape index (κ1) is 12.6. The summed E-state index contributed by atoms with van der Waals surface area (Å²) in [6, 6.07) is 7.38. The first-order chi connectivity index (χ1) is 9.24. The fourth-order valence-corrected chi connectivity index (χ4v) is 1.64. The van der Waals surface area contributed by atoms with Gasteiger partial charge < -0.3 is 9.72 Å². The third-order valence-corrected chi connectivity index (χ3v) is 2.55. The zero-order valence-corrected chi connectivity index (χ0v) is 10.3. The van der Waals surface area contributed by atoms with Crippen molar-refractivity contribution in [2.75, 3.05) is 7.11 Å². The van der Waals surface area contributed by atoms with Gasteiger partial charge >= 0.3 is 0 Å². The van der Waals surface area contributed by atoms with Gasteiger partial charge in [0.05, 0.1) is 19.4 Å². The van der Waals surface area contributed by atoms with Crippen LogP contribution < -0.4 is 10.2 Å². The van der Waals surface area contributed by atoms with Crippen LogP contribution in [-0.4, -0.2) is 24.2 Å². The molecule has 0 aliphatic heterocycles. The molecule has 2 N–H and O–H groups in total. The van der Waals surface area contributed by atoms with Crippen LogP contribution in [0.2, 0.25) is 0 Å². The number of benzene rings is 1. The lowest BCUT2D eigenvalue weighted by Gasteiger charge is -1.99. The molecule has 0 aliphatic carbocycles. The Morgan fingerprint density at radius 1 is 1.63 bits per heavy atom. The lowest BCUT2D eigenvalue weighted by Crippen LogP contribution is -2.16. The van der Waals surface area contributed by atoms with Crippen molar-refractivity contribution in [3.63, 3.8) is 0 Å². The largest absolute Gasteiger partial charge is 0.497 e. The minimum atomic E-state index is -0.434. The van der Waals surface area contributed by atoms with Crippen molar-refractivity contribution in [2.45, 2.75) is 6.42 Å². The number of carbonyl (C=O) groups excluding carboxylic acids is 1. The number of H-pyrrole nitrogens is 1. The molecule has 0 atom stereocenters. The number of nitrogens with zero attached hydrogens (tertiary/aromatic N) is 2. The van der Waals surface area contributed by atoms with Crippen molar-refractivity contribution < 1.29 is 9.53 Å². The quantitative estimate of drug-likeness (QED) is 0.642. The summed E-state index contributed by atoms with van der Waals surface area (Å²) in [5.41, 5.74) is 4.05. The molecular formula is C13H12N4O2. The van der Waals surface area contributed by atoms with Gasteiger partial charge in [-0.1, -0.05) is 0 Å². The summed E-state index contributed by atoms with van der Waals surface area (Å²) >= 11 is 0. The van der Waals surface area contributed by atoms with E-state index in [0.29, 0.717) is 0 Å². The zero-order chi connectivity index (χ0) is 13.7. The molecule has 0 unspecified atom stereocenters. The summed E-state index contributed by atoms with van der Waals surface area (Å²) in [5.74, 6) is 0.312. The number of amides is 1. The molecule has 0 saturated heterocycles. The maximum Gasteiger partial charge on any atom is 0.254 e. The van der Waals surface area contributed by atoms with Crippen LogP contribution in [0.3, 0.4) is 0 Å². The second-order valence-corrected chi connectivity index (χ2v) is 3.78. The van der Waals surface area contributed by atoms with Gasteiger partial charge in [0.2, 0.25) is 0 Å². The number of hydrogen-bond acceptors (Lipinski definition) is 4. The van der Waals surface area contributed by atoms with E-state index in [1.54, 1.807) is 19.4 Å². The Labute approximate surface area is 109 Å². The van der Waals surface area contributed by atoms with E-state index in [9.17, 15) is 4.79 Å². The topological polar surface area (TPSA) is 90.3 Å². The molecule has 1 amide bonds. The minimum absolute atomic E-state index is 0.209. The van der Waals surface area contributed by atoms with E-state index in [2.05, 4.69) is 15.5 Å². The van der Waals surface area contributed by atoms with Gasteiger partial charge in [0, 0.05) is 22.7 Å². The predicted molar refractivity (Wildman–Crippen MR) is 70.8 cm³/mol. The molecule has 1 aromatic carbocycles. The van der Waals surface area contributed by atoms with Crippen LogP contribution in [0.25, 0.3) is 10.9 Å². The van der Waals surface area contributed by atoms with Crippen LogP contribution in [0.4, 0.5) is 0 Å². The number of nitrogens with one attached hydrogen (secondary N) is 2. The molecule has 0 aliphatic rings. The first-order valence-electron chi connectivity index (χ1n) is 5.58. The average Bonchev–Trinajstić information content (AvgIpc) is 2.81. The van der Waals surface area contributed by atoms with Gasteiger partial charge in [0.1, 0.15) is 12.2 Å². The van der Waals surface area contributed by atoms with Gasteiger partial charge in [-0.15, -0.1) is 0 Å². The third-order valence-electron chi connectivity index (χ3n) is 2.55. The average molecular weight is 256 g/mol. The molecule has 0 spiro atoms. The SMILES string of the molecule is COc1ccc2[nH]cc(/C=N/NC(=O)CC#N)c2c1. The number of methoxy groups -OCH3 is 1. The molecule has 1 aromatic heterocycles. The van der Waals surface area contributed by atoms with Crippen molar-refractivity contribution in [1.82, 2.24) is 10.4 Å². The Kier molecular flexibility index (Phi) is 3.78. The summed E-state index contributed by atoms with van der Waals surface area (Å²) in [4.78, 5) is 14.2. The Morgan fingerprint density at radius 2 is 2.47 bits per heavy atom. The highest BCUT2D eigenvalue weighted by molar-refractivity contribution is 5.99. The van der Waals surface area contributed by atoms with Crippen molar-refractivity contribution in [2.24, 2.45) is 5.10 Å². The Hall–Kier alpha value is -2.81. The molecule has 19 heavy (non-hydrogen) atoms. The minimum Gasteiger partial charge on any atom is -0.497 e.